The Hall–Kier alpha value is -4.21. The first kappa shape index (κ1) is 22.0. The molecule has 164 valence electrons. The Morgan fingerprint density at radius 1 is 1.03 bits per heavy atom. The maximum atomic E-state index is 13.2. The second kappa shape index (κ2) is 10.9. The molecule has 3 aromatic carbocycles. The number of hydrazone groups is 1. The number of hydrogen-bond donors (Lipinski definition) is 3. The Morgan fingerprint density at radius 2 is 1.79 bits per heavy atom. The van der Waals surface area contributed by atoms with E-state index in [-0.39, 0.29) is 5.91 Å². The van der Waals surface area contributed by atoms with E-state index < -0.39 is 6.04 Å². The van der Waals surface area contributed by atoms with Gasteiger partial charge in [-0.3, -0.25) is 4.79 Å². The van der Waals surface area contributed by atoms with Crippen molar-refractivity contribution in [3.05, 3.63) is 113 Å². The lowest BCUT2D eigenvalue weighted by molar-refractivity contribution is -0.118. The van der Waals surface area contributed by atoms with Crippen LogP contribution in [0.2, 0.25) is 0 Å². The fraction of sp³-hybridized carbons (Fsp3) is 0.148. The Labute approximate surface area is 193 Å². The van der Waals surface area contributed by atoms with Crippen LogP contribution in [-0.2, 0) is 11.2 Å². The maximum Gasteiger partial charge on any atom is 0.246 e. The second-order valence-corrected chi connectivity index (χ2v) is 7.68. The summed E-state index contributed by atoms with van der Waals surface area (Å²) in [6.07, 6.45) is 4.75. The third-order valence-corrected chi connectivity index (χ3v) is 5.37. The van der Waals surface area contributed by atoms with Gasteiger partial charge in [0.1, 0.15) is 6.04 Å². The average Bonchev–Trinajstić information content (AvgIpc) is 2.88. The van der Waals surface area contributed by atoms with Crippen LogP contribution in [0.15, 0.2) is 96.1 Å². The summed E-state index contributed by atoms with van der Waals surface area (Å²) < 4.78 is 0. The summed E-state index contributed by atoms with van der Waals surface area (Å²) in [6, 6.07) is 26.5. The zero-order chi connectivity index (χ0) is 22.9. The number of nitrogens with zero attached hydrogens (tertiary/aromatic N) is 2. The van der Waals surface area contributed by atoms with Crippen LogP contribution in [0.4, 0.5) is 5.69 Å². The number of anilines is 1. The molecule has 0 radical (unpaired) electrons. The van der Waals surface area contributed by atoms with E-state index in [4.69, 9.17) is 5.26 Å². The van der Waals surface area contributed by atoms with Crippen LogP contribution in [0.5, 0.6) is 0 Å². The van der Waals surface area contributed by atoms with Gasteiger partial charge in [-0.2, -0.15) is 10.4 Å². The van der Waals surface area contributed by atoms with Gasteiger partial charge in [0.2, 0.25) is 5.91 Å². The van der Waals surface area contributed by atoms with E-state index in [1.807, 2.05) is 91.0 Å². The lowest BCUT2D eigenvalue weighted by atomic mass is 10.0. The Balaban J connectivity index is 1.41. The zero-order valence-electron chi connectivity index (χ0n) is 18.2. The number of nitrogens with one attached hydrogen (secondary N) is 3. The van der Waals surface area contributed by atoms with E-state index in [0.717, 1.165) is 41.1 Å². The van der Waals surface area contributed by atoms with Gasteiger partial charge in [-0.05, 0) is 47.9 Å². The summed E-state index contributed by atoms with van der Waals surface area (Å²) in [5, 5.41) is 19.6. The summed E-state index contributed by atoms with van der Waals surface area (Å²) in [5.41, 5.74) is 8.19. The van der Waals surface area contributed by atoms with E-state index >= 15 is 0 Å². The number of nitriles is 1. The lowest BCUT2D eigenvalue weighted by Gasteiger charge is -2.19. The molecule has 0 aromatic heterocycles. The Bertz CT molecular complexity index is 1180. The van der Waals surface area contributed by atoms with Crippen LogP contribution in [-0.4, -0.2) is 24.7 Å². The molecule has 1 aliphatic rings. The number of benzene rings is 3. The molecule has 0 saturated heterocycles. The lowest BCUT2D eigenvalue weighted by Crippen LogP contribution is -2.34. The van der Waals surface area contributed by atoms with Gasteiger partial charge in [0.25, 0.3) is 0 Å². The molecule has 1 aliphatic heterocycles. The van der Waals surface area contributed by atoms with Gasteiger partial charge >= 0.3 is 0 Å². The predicted octanol–water partition coefficient (Wildman–Crippen LogP) is 3.93. The molecule has 0 saturated carbocycles. The molecule has 3 N–H and O–H groups in total. The van der Waals surface area contributed by atoms with Crippen molar-refractivity contribution in [2.45, 2.75) is 12.5 Å². The molecule has 1 amide bonds. The number of allylic oxidation sites excluding steroid dienone is 1. The smallest absolute Gasteiger partial charge is 0.246 e. The number of carbonyl (C=O) groups is 1. The number of amides is 1. The highest BCUT2D eigenvalue weighted by Gasteiger charge is 2.20. The van der Waals surface area contributed by atoms with Crippen LogP contribution in [0.1, 0.15) is 28.3 Å². The molecular formula is C27H25N5O. The summed E-state index contributed by atoms with van der Waals surface area (Å²) in [7, 11) is 0. The topological polar surface area (TPSA) is 89.3 Å². The van der Waals surface area contributed by atoms with E-state index in [2.05, 4.69) is 27.2 Å². The van der Waals surface area contributed by atoms with Gasteiger partial charge in [-0.25, -0.2) is 0 Å². The SMILES string of the molecule is N#Cc1ccc(CCNC(C(=O)Nc2ccc(C3=NNCC=C3)cc2)c2ccccc2)cc1. The molecule has 33 heavy (non-hydrogen) atoms. The van der Waals surface area contributed by atoms with Crippen LogP contribution in [0, 0.1) is 11.3 Å². The van der Waals surface area contributed by atoms with E-state index in [1.54, 1.807) is 0 Å². The second-order valence-electron chi connectivity index (χ2n) is 7.68. The van der Waals surface area contributed by atoms with Crippen molar-refractivity contribution in [1.29, 1.82) is 5.26 Å². The normalized spacial score (nSPS) is 13.4. The molecule has 6 nitrogen and oxygen atoms in total. The molecule has 0 aliphatic carbocycles. The highest BCUT2D eigenvalue weighted by molar-refractivity contribution is 6.09. The predicted molar refractivity (Wildman–Crippen MR) is 131 cm³/mol. The summed E-state index contributed by atoms with van der Waals surface area (Å²) in [6.45, 7) is 1.35. The van der Waals surface area contributed by atoms with Gasteiger partial charge in [0, 0.05) is 17.8 Å². The Kier molecular flexibility index (Phi) is 7.26. The van der Waals surface area contributed by atoms with E-state index in [1.165, 1.54) is 0 Å². The first-order chi connectivity index (χ1) is 16.2. The molecule has 0 fully saturated rings. The van der Waals surface area contributed by atoms with Gasteiger partial charge in [-0.15, -0.1) is 0 Å². The molecule has 6 heteroatoms. The van der Waals surface area contributed by atoms with Gasteiger partial charge in [0.05, 0.1) is 23.9 Å². The highest BCUT2D eigenvalue weighted by atomic mass is 16.2. The van der Waals surface area contributed by atoms with Crippen LogP contribution >= 0.6 is 0 Å². The van der Waals surface area contributed by atoms with Crippen molar-refractivity contribution in [3.63, 3.8) is 0 Å². The summed E-state index contributed by atoms with van der Waals surface area (Å²) in [5.74, 6) is -0.120. The molecule has 0 bridgehead atoms. The van der Waals surface area contributed by atoms with Gasteiger partial charge in [0.15, 0.2) is 0 Å². The molecule has 1 heterocycles. The molecule has 3 aromatic rings. The maximum absolute atomic E-state index is 13.2. The number of rotatable bonds is 8. The monoisotopic (exact) mass is 435 g/mol. The van der Waals surface area contributed by atoms with Crippen molar-refractivity contribution >= 4 is 17.3 Å². The standard InChI is InChI=1S/C27H25N5O/c28-19-21-10-8-20(9-11-21)16-18-29-26(23-5-2-1-3-6-23)27(33)31-24-14-12-22(13-15-24)25-7-4-17-30-32-25/h1-15,26,29-30H,16-18H2,(H,31,33). The Morgan fingerprint density at radius 3 is 2.45 bits per heavy atom. The van der Waals surface area contributed by atoms with Gasteiger partial charge < -0.3 is 16.1 Å². The highest BCUT2D eigenvalue weighted by Crippen LogP contribution is 2.18. The molecule has 0 spiro atoms. The van der Waals surface area contributed by atoms with Crippen molar-refractivity contribution < 1.29 is 4.79 Å². The molecular weight excluding hydrogens is 410 g/mol. The molecule has 1 unspecified atom stereocenters. The third-order valence-electron chi connectivity index (χ3n) is 5.37. The van der Waals surface area contributed by atoms with Crippen LogP contribution < -0.4 is 16.1 Å². The largest absolute Gasteiger partial charge is 0.324 e. The van der Waals surface area contributed by atoms with Crippen molar-refractivity contribution in [2.24, 2.45) is 5.10 Å². The minimum Gasteiger partial charge on any atom is -0.324 e. The fourth-order valence-electron chi connectivity index (χ4n) is 3.61. The van der Waals surface area contributed by atoms with Gasteiger partial charge in [-0.1, -0.05) is 60.7 Å². The first-order valence-corrected chi connectivity index (χ1v) is 10.9. The van der Waals surface area contributed by atoms with Crippen molar-refractivity contribution in [1.82, 2.24) is 10.7 Å². The molecule has 1 atom stereocenters. The summed E-state index contributed by atoms with van der Waals surface area (Å²) in [4.78, 5) is 13.2. The molecule has 4 rings (SSSR count). The number of hydrogen-bond acceptors (Lipinski definition) is 5. The fourth-order valence-corrected chi connectivity index (χ4v) is 3.61. The van der Waals surface area contributed by atoms with E-state index in [0.29, 0.717) is 12.1 Å². The van der Waals surface area contributed by atoms with Crippen molar-refractivity contribution in [2.75, 3.05) is 18.4 Å². The quantitative estimate of drug-likeness (QED) is 0.500. The van der Waals surface area contributed by atoms with E-state index in [9.17, 15) is 4.79 Å². The number of carbonyl (C=O) groups excluding carboxylic acids is 1. The first-order valence-electron chi connectivity index (χ1n) is 10.9. The van der Waals surface area contributed by atoms with Crippen molar-refractivity contribution in [3.8, 4) is 6.07 Å². The van der Waals surface area contributed by atoms with Crippen LogP contribution in [0.25, 0.3) is 0 Å². The average molecular weight is 436 g/mol. The minimum atomic E-state index is -0.487. The minimum absolute atomic E-state index is 0.120. The summed E-state index contributed by atoms with van der Waals surface area (Å²) >= 11 is 0. The zero-order valence-corrected chi connectivity index (χ0v) is 18.2. The third kappa shape index (κ3) is 5.94. The van der Waals surface area contributed by atoms with Crippen LogP contribution in [0.3, 0.4) is 0 Å².